The largest absolute Gasteiger partial charge is 0.477 e. The third kappa shape index (κ3) is 2.46. The fraction of sp³-hybridized carbons (Fsp3) is 0.583. The molecule has 2 heterocycles. The fourth-order valence-corrected chi connectivity index (χ4v) is 2.38. The van der Waals surface area contributed by atoms with Gasteiger partial charge in [0.25, 0.3) is 5.56 Å². The molecule has 1 fully saturated rings. The summed E-state index contributed by atoms with van der Waals surface area (Å²) in [5.74, 6) is -1.50. The fourth-order valence-electron chi connectivity index (χ4n) is 2.38. The summed E-state index contributed by atoms with van der Waals surface area (Å²) in [6.45, 7) is -0.541. The second kappa shape index (κ2) is 6.01. The van der Waals surface area contributed by atoms with Crippen molar-refractivity contribution < 1.29 is 29.6 Å². The van der Waals surface area contributed by atoms with Gasteiger partial charge in [-0.2, -0.15) is 0 Å². The topological polar surface area (TPSA) is 140 Å². The molecule has 22 heavy (non-hydrogen) atoms. The van der Waals surface area contributed by atoms with E-state index in [-0.39, 0.29) is 0 Å². The molecule has 0 saturated carbocycles. The zero-order chi connectivity index (χ0) is 16.6. The molecule has 2 rings (SSSR count). The average Bonchev–Trinajstić information content (AvgIpc) is 2.79. The van der Waals surface area contributed by atoms with Gasteiger partial charge in [-0.05, 0) is 0 Å². The summed E-state index contributed by atoms with van der Waals surface area (Å²) in [5.41, 5.74) is -2.31. The van der Waals surface area contributed by atoms with E-state index in [4.69, 9.17) is 14.6 Å². The molecule has 4 atom stereocenters. The zero-order valence-electron chi connectivity index (χ0n) is 11.9. The summed E-state index contributed by atoms with van der Waals surface area (Å²) in [5, 5.41) is 28.3. The van der Waals surface area contributed by atoms with Crippen LogP contribution in [0.1, 0.15) is 16.7 Å². The van der Waals surface area contributed by atoms with Crippen molar-refractivity contribution in [2.24, 2.45) is 7.05 Å². The van der Waals surface area contributed by atoms with E-state index in [9.17, 15) is 24.6 Å². The van der Waals surface area contributed by atoms with Gasteiger partial charge in [-0.3, -0.25) is 13.9 Å². The maximum Gasteiger partial charge on any atom is 0.352 e. The van der Waals surface area contributed by atoms with Crippen molar-refractivity contribution in [1.29, 1.82) is 0 Å². The van der Waals surface area contributed by atoms with Crippen LogP contribution in [0.5, 0.6) is 0 Å². The Hall–Kier alpha value is -2.01. The third-order valence-corrected chi connectivity index (χ3v) is 3.58. The number of hydrogen-bond donors (Lipinski definition) is 3. The first kappa shape index (κ1) is 16.4. The van der Waals surface area contributed by atoms with Gasteiger partial charge in [0, 0.05) is 20.2 Å². The van der Waals surface area contributed by atoms with E-state index in [2.05, 4.69) is 0 Å². The maximum atomic E-state index is 12.2. The summed E-state index contributed by atoms with van der Waals surface area (Å²) in [4.78, 5) is 35.1. The number of carboxylic acid groups (broad SMARTS) is 1. The lowest BCUT2D eigenvalue weighted by Gasteiger charge is -2.22. The van der Waals surface area contributed by atoms with E-state index < -0.39 is 54.1 Å². The van der Waals surface area contributed by atoms with E-state index in [1.54, 1.807) is 0 Å². The van der Waals surface area contributed by atoms with E-state index >= 15 is 0 Å². The van der Waals surface area contributed by atoms with Gasteiger partial charge in [-0.25, -0.2) is 9.59 Å². The lowest BCUT2D eigenvalue weighted by atomic mass is 10.1. The Morgan fingerprint density at radius 2 is 2.09 bits per heavy atom. The molecule has 1 aromatic rings. The summed E-state index contributed by atoms with van der Waals surface area (Å²) in [6, 6.07) is 0.776. The first-order chi connectivity index (χ1) is 10.3. The van der Waals surface area contributed by atoms with Crippen LogP contribution in [-0.4, -0.2) is 62.5 Å². The molecule has 0 aromatic carbocycles. The number of carboxylic acids is 1. The minimum absolute atomic E-state index is 0.541. The molecular formula is C12H16N2O8. The van der Waals surface area contributed by atoms with Crippen molar-refractivity contribution in [3.05, 3.63) is 32.6 Å². The summed E-state index contributed by atoms with van der Waals surface area (Å²) >= 11 is 0. The van der Waals surface area contributed by atoms with Crippen LogP contribution in [0.2, 0.25) is 0 Å². The Labute approximate surface area is 123 Å². The Morgan fingerprint density at radius 3 is 2.59 bits per heavy atom. The summed E-state index contributed by atoms with van der Waals surface area (Å²) in [6.07, 6.45) is -4.67. The molecule has 0 spiro atoms. The highest BCUT2D eigenvalue weighted by Crippen LogP contribution is 2.30. The highest BCUT2D eigenvalue weighted by Gasteiger charge is 2.46. The normalized spacial score (nSPS) is 28.0. The minimum atomic E-state index is -1.50. The van der Waals surface area contributed by atoms with Crippen molar-refractivity contribution in [2.45, 2.75) is 24.5 Å². The summed E-state index contributed by atoms with van der Waals surface area (Å²) in [7, 11) is 2.43. The number of nitrogens with zero attached hydrogens (tertiary/aromatic N) is 2. The predicted molar refractivity (Wildman–Crippen MR) is 70.7 cm³/mol. The number of aromatic carboxylic acids is 1. The van der Waals surface area contributed by atoms with Crippen LogP contribution in [0, 0.1) is 0 Å². The predicted octanol–water partition coefficient (Wildman–Crippen LogP) is -2.49. The van der Waals surface area contributed by atoms with E-state index in [0.717, 1.165) is 10.6 Å². The van der Waals surface area contributed by atoms with E-state index in [0.29, 0.717) is 4.57 Å². The molecule has 10 heteroatoms. The Kier molecular flexibility index (Phi) is 4.47. The number of methoxy groups -OCH3 is 1. The van der Waals surface area contributed by atoms with Gasteiger partial charge >= 0.3 is 11.7 Å². The van der Waals surface area contributed by atoms with Gasteiger partial charge in [0.15, 0.2) is 6.23 Å². The number of ether oxygens (including phenoxy) is 2. The SMILES string of the molecule is CO[C@@H]1[C@H](O)[C@@H](CO)O[C@H]1n1c(C(=O)O)cc(=O)n(C)c1=O. The lowest BCUT2D eigenvalue weighted by Crippen LogP contribution is -2.45. The monoisotopic (exact) mass is 316 g/mol. The number of rotatable bonds is 4. The first-order valence-electron chi connectivity index (χ1n) is 6.36. The number of hydrogen-bond acceptors (Lipinski definition) is 7. The standard InChI is InChI=1S/C12H16N2O8/c1-13-7(16)3-5(11(18)19)14(12(13)20)10-9(21-2)8(17)6(4-15)22-10/h3,6,8-10,15,17H,4H2,1-2H3,(H,18,19)/t6-,8-,9-,10-/m1/s1. The van der Waals surface area contributed by atoms with Gasteiger partial charge in [0.2, 0.25) is 0 Å². The van der Waals surface area contributed by atoms with Crippen LogP contribution < -0.4 is 11.2 Å². The van der Waals surface area contributed by atoms with Crippen molar-refractivity contribution in [1.82, 2.24) is 9.13 Å². The average molecular weight is 316 g/mol. The molecule has 0 bridgehead atoms. The molecule has 1 aliphatic heterocycles. The van der Waals surface area contributed by atoms with E-state index in [1.165, 1.54) is 14.2 Å². The molecule has 1 aliphatic rings. The molecule has 1 saturated heterocycles. The Morgan fingerprint density at radius 1 is 1.45 bits per heavy atom. The Bertz CT molecular complexity index is 693. The third-order valence-electron chi connectivity index (χ3n) is 3.58. The second-order valence-corrected chi connectivity index (χ2v) is 4.82. The number of aromatic nitrogens is 2. The quantitative estimate of drug-likeness (QED) is 0.554. The highest BCUT2D eigenvalue weighted by atomic mass is 16.6. The van der Waals surface area contributed by atoms with Gasteiger partial charge in [-0.15, -0.1) is 0 Å². The molecule has 1 aromatic heterocycles. The van der Waals surface area contributed by atoms with Crippen molar-refractivity contribution in [2.75, 3.05) is 13.7 Å². The second-order valence-electron chi connectivity index (χ2n) is 4.82. The van der Waals surface area contributed by atoms with Crippen LogP contribution in [0.3, 0.4) is 0 Å². The molecule has 10 nitrogen and oxygen atoms in total. The number of aliphatic hydroxyl groups is 2. The van der Waals surface area contributed by atoms with Gasteiger partial charge < -0.3 is 24.8 Å². The minimum Gasteiger partial charge on any atom is -0.477 e. The molecule has 0 aliphatic carbocycles. The van der Waals surface area contributed by atoms with Gasteiger partial charge in [-0.1, -0.05) is 0 Å². The van der Waals surface area contributed by atoms with Gasteiger partial charge in [0.1, 0.15) is 24.0 Å². The molecule has 3 N–H and O–H groups in total. The number of carbonyl (C=O) groups is 1. The summed E-state index contributed by atoms with van der Waals surface area (Å²) < 4.78 is 11.8. The number of aliphatic hydroxyl groups excluding tert-OH is 2. The van der Waals surface area contributed by atoms with Crippen LogP contribution >= 0.6 is 0 Å². The van der Waals surface area contributed by atoms with Crippen LogP contribution in [-0.2, 0) is 16.5 Å². The molecular weight excluding hydrogens is 300 g/mol. The Balaban J connectivity index is 2.66. The lowest BCUT2D eigenvalue weighted by molar-refractivity contribution is -0.0642. The maximum absolute atomic E-state index is 12.2. The first-order valence-corrected chi connectivity index (χ1v) is 6.36. The van der Waals surface area contributed by atoms with Crippen molar-refractivity contribution >= 4 is 5.97 Å². The van der Waals surface area contributed by atoms with Crippen LogP contribution in [0.4, 0.5) is 0 Å². The molecule has 0 radical (unpaired) electrons. The highest BCUT2D eigenvalue weighted by molar-refractivity contribution is 5.85. The van der Waals surface area contributed by atoms with Crippen LogP contribution in [0.15, 0.2) is 15.7 Å². The van der Waals surface area contributed by atoms with E-state index in [1.807, 2.05) is 0 Å². The van der Waals surface area contributed by atoms with Crippen LogP contribution in [0.25, 0.3) is 0 Å². The zero-order valence-corrected chi connectivity index (χ0v) is 11.9. The molecule has 0 unspecified atom stereocenters. The molecule has 122 valence electrons. The van der Waals surface area contributed by atoms with Gasteiger partial charge in [0.05, 0.1) is 6.61 Å². The smallest absolute Gasteiger partial charge is 0.352 e. The van der Waals surface area contributed by atoms with Crippen molar-refractivity contribution in [3.8, 4) is 0 Å². The molecule has 0 amide bonds. The van der Waals surface area contributed by atoms with Crippen molar-refractivity contribution in [3.63, 3.8) is 0 Å².